The van der Waals surface area contributed by atoms with Gasteiger partial charge in [0.05, 0.1) is 11.3 Å². The van der Waals surface area contributed by atoms with Crippen LogP contribution < -0.4 is 0 Å². The van der Waals surface area contributed by atoms with Gasteiger partial charge in [-0.1, -0.05) is 32.3 Å². The molecule has 0 aromatic rings. The molecule has 132 valence electrons. The fourth-order valence-corrected chi connectivity index (χ4v) is 4.14. The van der Waals surface area contributed by atoms with Crippen LogP contribution in [0.1, 0.15) is 66.2 Å². The first-order valence-electron chi connectivity index (χ1n) is 8.83. The maximum atomic E-state index is 12.6. The summed E-state index contributed by atoms with van der Waals surface area (Å²) in [6, 6.07) is 0. The van der Waals surface area contributed by atoms with Gasteiger partial charge < -0.3 is 9.94 Å². The van der Waals surface area contributed by atoms with E-state index in [0.29, 0.717) is 42.4 Å². The van der Waals surface area contributed by atoms with Crippen LogP contribution in [0.15, 0.2) is 16.5 Å². The van der Waals surface area contributed by atoms with Gasteiger partial charge >= 0.3 is 0 Å². The van der Waals surface area contributed by atoms with Crippen molar-refractivity contribution in [3.05, 3.63) is 11.3 Å². The normalized spacial score (nSPS) is 20.8. The van der Waals surface area contributed by atoms with Crippen molar-refractivity contribution in [2.45, 2.75) is 71.5 Å². The van der Waals surface area contributed by atoms with Crippen molar-refractivity contribution < 1.29 is 14.7 Å². The molecule has 0 saturated carbocycles. The van der Waals surface area contributed by atoms with Crippen LogP contribution in [0, 0.1) is 5.92 Å². The zero-order chi connectivity index (χ0) is 17.2. The number of carbonyl (C=O) groups excluding carboxylic acids is 1. The first-order valence-corrected chi connectivity index (χ1v) is 9.88. The van der Waals surface area contributed by atoms with E-state index in [2.05, 4.69) is 19.0 Å². The fourth-order valence-electron chi connectivity index (χ4n) is 3.02. The molecule has 0 bridgehead atoms. The number of oxime groups is 1. The van der Waals surface area contributed by atoms with Gasteiger partial charge in [0.1, 0.15) is 12.4 Å². The summed E-state index contributed by atoms with van der Waals surface area (Å²) in [7, 11) is 0. The Morgan fingerprint density at radius 2 is 2.09 bits per heavy atom. The Hall–Kier alpha value is -0.970. The van der Waals surface area contributed by atoms with Crippen LogP contribution in [0.25, 0.3) is 0 Å². The predicted molar refractivity (Wildman–Crippen MR) is 98.2 cm³/mol. The molecule has 0 aromatic carbocycles. The van der Waals surface area contributed by atoms with Gasteiger partial charge in [-0.15, -0.1) is 0 Å². The summed E-state index contributed by atoms with van der Waals surface area (Å²) in [5.41, 5.74) is 1.01. The quantitative estimate of drug-likeness (QED) is 0.454. The second-order valence-corrected chi connectivity index (χ2v) is 7.52. The monoisotopic (exact) mass is 341 g/mol. The molecule has 0 radical (unpaired) electrons. The minimum atomic E-state index is 0.0157. The van der Waals surface area contributed by atoms with Crippen molar-refractivity contribution in [2.24, 2.45) is 11.1 Å². The summed E-state index contributed by atoms with van der Waals surface area (Å²) in [5.74, 6) is 1.55. The standard InChI is InChI=1S/C18H31NO3S/c1-5-9-15(19-22-7-3)18-16(20)11-13(12-17(18)21)10-14(6-2)23-8-4/h13-14,20H,5-12H2,1-4H3/b19-15+. The molecule has 1 aliphatic carbocycles. The second kappa shape index (κ2) is 10.7. The van der Waals surface area contributed by atoms with E-state index in [0.717, 1.165) is 25.0 Å². The van der Waals surface area contributed by atoms with Crippen LogP contribution in [0.5, 0.6) is 0 Å². The average molecular weight is 342 g/mol. The number of hydrogen-bond acceptors (Lipinski definition) is 5. The highest BCUT2D eigenvalue weighted by molar-refractivity contribution is 7.99. The Morgan fingerprint density at radius 3 is 2.61 bits per heavy atom. The lowest BCUT2D eigenvalue weighted by Crippen LogP contribution is -2.26. The molecule has 2 atom stereocenters. The molecule has 1 rings (SSSR count). The molecule has 23 heavy (non-hydrogen) atoms. The Bertz CT molecular complexity index is 446. The van der Waals surface area contributed by atoms with Gasteiger partial charge in [0.2, 0.25) is 0 Å². The molecule has 0 aliphatic heterocycles. The topological polar surface area (TPSA) is 58.9 Å². The van der Waals surface area contributed by atoms with Gasteiger partial charge in [-0.25, -0.2) is 0 Å². The molecule has 4 nitrogen and oxygen atoms in total. The van der Waals surface area contributed by atoms with Crippen LogP contribution in [0.4, 0.5) is 0 Å². The van der Waals surface area contributed by atoms with E-state index in [1.807, 2.05) is 25.6 Å². The summed E-state index contributed by atoms with van der Waals surface area (Å²) in [6.07, 6.45) is 4.70. The summed E-state index contributed by atoms with van der Waals surface area (Å²) < 4.78 is 0. The van der Waals surface area contributed by atoms with Crippen molar-refractivity contribution in [1.29, 1.82) is 0 Å². The van der Waals surface area contributed by atoms with Crippen LogP contribution in [-0.2, 0) is 9.63 Å². The molecule has 0 heterocycles. The first-order chi connectivity index (χ1) is 11.1. The largest absolute Gasteiger partial charge is 0.511 e. The van der Waals surface area contributed by atoms with Gasteiger partial charge in [0, 0.05) is 18.1 Å². The predicted octanol–water partition coefficient (Wildman–Crippen LogP) is 4.89. The van der Waals surface area contributed by atoms with Crippen molar-refractivity contribution >= 4 is 23.3 Å². The third-order valence-corrected chi connectivity index (χ3v) is 5.39. The molecule has 0 amide bonds. The van der Waals surface area contributed by atoms with Crippen LogP contribution in [-0.4, -0.2) is 34.2 Å². The van der Waals surface area contributed by atoms with Crippen molar-refractivity contribution in [1.82, 2.24) is 0 Å². The smallest absolute Gasteiger partial charge is 0.168 e. The Balaban J connectivity index is 2.87. The third kappa shape index (κ3) is 6.21. The molecule has 2 unspecified atom stereocenters. The van der Waals surface area contributed by atoms with E-state index in [9.17, 15) is 9.90 Å². The highest BCUT2D eigenvalue weighted by atomic mass is 32.2. The minimum Gasteiger partial charge on any atom is -0.511 e. The summed E-state index contributed by atoms with van der Waals surface area (Å²) >= 11 is 1.95. The molecular formula is C18H31NO3S. The molecule has 0 spiro atoms. The van der Waals surface area contributed by atoms with Crippen LogP contribution in [0.3, 0.4) is 0 Å². The Kier molecular flexibility index (Phi) is 9.37. The van der Waals surface area contributed by atoms with Crippen molar-refractivity contribution in [2.75, 3.05) is 12.4 Å². The number of allylic oxidation sites excluding steroid dienone is 2. The number of thioether (sulfide) groups is 1. The van der Waals surface area contributed by atoms with E-state index in [1.165, 1.54) is 0 Å². The molecule has 1 N–H and O–H groups in total. The number of nitrogens with zero attached hydrogens (tertiary/aromatic N) is 1. The van der Waals surface area contributed by atoms with Crippen LogP contribution >= 0.6 is 11.8 Å². The maximum Gasteiger partial charge on any atom is 0.168 e. The fraction of sp³-hybridized carbons (Fsp3) is 0.778. The zero-order valence-electron chi connectivity index (χ0n) is 14.9. The number of Topliss-reactive ketones (excluding diaryl/α,β-unsaturated/α-hetero) is 1. The van der Waals surface area contributed by atoms with E-state index in [4.69, 9.17) is 4.84 Å². The highest BCUT2D eigenvalue weighted by Crippen LogP contribution is 2.33. The van der Waals surface area contributed by atoms with Crippen molar-refractivity contribution in [3.8, 4) is 0 Å². The lowest BCUT2D eigenvalue weighted by Gasteiger charge is -2.26. The molecule has 5 heteroatoms. The molecular weight excluding hydrogens is 310 g/mol. The number of aliphatic hydroxyl groups is 1. The zero-order valence-corrected chi connectivity index (χ0v) is 15.7. The third-order valence-electron chi connectivity index (χ3n) is 4.06. The Labute approximate surface area is 144 Å². The number of ketones is 1. The van der Waals surface area contributed by atoms with E-state index < -0.39 is 0 Å². The van der Waals surface area contributed by atoms with Gasteiger partial charge in [0.25, 0.3) is 0 Å². The minimum absolute atomic E-state index is 0.0157. The van der Waals surface area contributed by atoms with Gasteiger partial charge in [-0.2, -0.15) is 11.8 Å². The lowest BCUT2D eigenvalue weighted by molar-refractivity contribution is -0.116. The number of carbonyl (C=O) groups is 1. The summed E-state index contributed by atoms with van der Waals surface area (Å²) in [5, 5.41) is 15.1. The van der Waals surface area contributed by atoms with Crippen LogP contribution in [0.2, 0.25) is 0 Å². The lowest BCUT2D eigenvalue weighted by atomic mass is 9.82. The maximum absolute atomic E-state index is 12.6. The first kappa shape index (κ1) is 20.1. The van der Waals surface area contributed by atoms with E-state index in [-0.39, 0.29) is 17.5 Å². The van der Waals surface area contributed by atoms with Gasteiger partial charge in [-0.05, 0) is 37.9 Å². The van der Waals surface area contributed by atoms with Gasteiger partial charge in [0.15, 0.2) is 5.78 Å². The average Bonchev–Trinajstić information content (AvgIpc) is 2.51. The van der Waals surface area contributed by atoms with Gasteiger partial charge in [-0.3, -0.25) is 4.79 Å². The SMILES string of the molecule is CCC/C(=N\OCC)C1=C(O)CC(CC(CC)SCC)CC1=O. The number of aliphatic hydroxyl groups excluding tert-OH is 1. The Morgan fingerprint density at radius 1 is 1.35 bits per heavy atom. The highest BCUT2D eigenvalue weighted by Gasteiger charge is 2.31. The molecule has 0 aromatic heterocycles. The molecule has 1 aliphatic rings. The second-order valence-electron chi connectivity index (χ2n) is 5.95. The van der Waals surface area contributed by atoms with E-state index >= 15 is 0 Å². The molecule has 0 fully saturated rings. The van der Waals surface area contributed by atoms with Crippen molar-refractivity contribution in [3.63, 3.8) is 0 Å². The molecule has 0 saturated heterocycles. The summed E-state index contributed by atoms with van der Waals surface area (Å²) in [4.78, 5) is 17.7. The number of hydrogen-bond donors (Lipinski definition) is 1. The van der Waals surface area contributed by atoms with E-state index in [1.54, 1.807) is 0 Å². The number of rotatable bonds is 10. The summed E-state index contributed by atoms with van der Waals surface area (Å²) in [6.45, 7) is 8.70.